The number of anilines is 1. The number of halogens is 1. The molecule has 220 valence electrons. The average molecular weight is 585 g/mol. The number of hydrogen-bond donors (Lipinski definition) is 2. The molecular formula is C30H37ClN4O6. The first-order valence-electron chi connectivity index (χ1n) is 13.6. The van der Waals surface area contributed by atoms with Crippen LogP contribution < -0.4 is 19.7 Å². The normalized spacial score (nSPS) is 15.8. The van der Waals surface area contributed by atoms with Gasteiger partial charge in [-0.25, -0.2) is 4.79 Å². The van der Waals surface area contributed by atoms with Crippen molar-refractivity contribution in [2.75, 3.05) is 38.3 Å². The highest BCUT2D eigenvalue weighted by Crippen LogP contribution is 2.44. The van der Waals surface area contributed by atoms with Gasteiger partial charge in [0.2, 0.25) is 0 Å². The molecule has 0 radical (unpaired) electrons. The van der Waals surface area contributed by atoms with E-state index in [4.69, 9.17) is 21.3 Å². The number of amidine groups is 1. The molecule has 4 rings (SSSR count). The quantitative estimate of drug-likeness (QED) is 0.438. The van der Waals surface area contributed by atoms with E-state index in [1.165, 1.54) is 0 Å². The van der Waals surface area contributed by atoms with Gasteiger partial charge in [0.25, 0.3) is 5.91 Å². The number of amides is 1. The number of carbonyl (C=O) groups is 3. The lowest BCUT2D eigenvalue weighted by atomic mass is 9.83. The monoisotopic (exact) mass is 584 g/mol. The number of nitrogens with one attached hydrogen (secondary N) is 1. The zero-order valence-corrected chi connectivity index (χ0v) is 25.3. The van der Waals surface area contributed by atoms with E-state index in [0.717, 1.165) is 11.1 Å². The third kappa shape index (κ3) is 5.57. The minimum atomic E-state index is -1.22. The van der Waals surface area contributed by atoms with Crippen molar-refractivity contribution < 1.29 is 29.0 Å². The lowest BCUT2D eigenvalue weighted by molar-refractivity contribution is -0.142. The number of hydrogen-bond acceptors (Lipinski definition) is 7. The third-order valence-electron chi connectivity index (χ3n) is 7.54. The molecule has 41 heavy (non-hydrogen) atoms. The maximum atomic E-state index is 13.9. The minimum absolute atomic E-state index is 0.0366. The van der Waals surface area contributed by atoms with Crippen molar-refractivity contribution in [2.24, 2.45) is 4.51 Å². The molecule has 0 saturated heterocycles. The third-order valence-corrected chi connectivity index (χ3v) is 7.70. The molecule has 10 nitrogen and oxygen atoms in total. The molecule has 0 spiro atoms. The Bertz CT molecular complexity index is 1430. The number of ketones is 1. The van der Waals surface area contributed by atoms with Crippen LogP contribution in [0.5, 0.6) is 11.5 Å². The van der Waals surface area contributed by atoms with E-state index < -0.39 is 11.5 Å². The average Bonchev–Trinajstić information content (AvgIpc) is 3.26. The van der Waals surface area contributed by atoms with Gasteiger partial charge in [-0.1, -0.05) is 20.8 Å². The summed E-state index contributed by atoms with van der Waals surface area (Å²) in [6, 6.07) is 7.02. The highest BCUT2D eigenvalue weighted by Gasteiger charge is 2.40. The van der Waals surface area contributed by atoms with Gasteiger partial charge in [-0.15, -0.1) is 0 Å². The van der Waals surface area contributed by atoms with Gasteiger partial charge in [0.05, 0.1) is 30.9 Å². The van der Waals surface area contributed by atoms with Gasteiger partial charge in [-0.3, -0.25) is 9.59 Å². The van der Waals surface area contributed by atoms with Crippen LogP contribution in [0.4, 0.5) is 5.69 Å². The number of rotatable bonds is 8. The largest absolute Gasteiger partial charge is 0.493 e. The molecule has 0 atom stereocenters. The van der Waals surface area contributed by atoms with Crippen LogP contribution in [0.2, 0.25) is 0 Å². The molecule has 2 aliphatic rings. The zero-order valence-electron chi connectivity index (χ0n) is 24.6. The van der Waals surface area contributed by atoms with Crippen LogP contribution >= 0.6 is 11.8 Å². The van der Waals surface area contributed by atoms with Crippen molar-refractivity contribution in [2.45, 2.75) is 59.0 Å². The first-order valence-corrected chi connectivity index (χ1v) is 13.9. The topological polar surface area (TPSA) is 121 Å². The number of carbonyl (C=O) groups excluding carboxylic acids is 2. The predicted molar refractivity (Wildman–Crippen MR) is 158 cm³/mol. The zero-order chi connectivity index (χ0) is 30.3. The molecule has 0 bridgehead atoms. The molecule has 2 N–H and O–H groups in total. The van der Waals surface area contributed by atoms with Crippen LogP contribution in [-0.2, 0) is 16.8 Å². The minimum Gasteiger partial charge on any atom is -0.493 e. The predicted octanol–water partition coefficient (Wildman–Crippen LogP) is 4.40. The van der Waals surface area contributed by atoms with E-state index >= 15 is 0 Å². The lowest BCUT2D eigenvalue weighted by Gasteiger charge is -2.42. The molecule has 0 unspecified atom stereocenters. The van der Waals surface area contributed by atoms with Crippen LogP contribution in [0.1, 0.15) is 78.9 Å². The number of carboxylic acids is 1. The molecule has 2 aromatic rings. The van der Waals surface area contributed by atoms with Crippen LogP contribution in [0.15, 0.2) is 28.8 Å². The molecule has 2 heterocycles. The number of aliphatic carboxylic acids is 1. The Morgan fingerprint density at radius 3 is 2.44 bits per heavy atom. The molecule has 0 saturated carbocycles. The summed E-state index contributed by atoms with van der Waals surface area (Å²) in [7, 11) is 1.54. The molecule has 0 aliphatic carbocycles. The van der Waals surface area contributed by atoms with E-state index in [9.17, 15) is 19.5 Å². The van der Waals surface area contributed by atoms with Crippen LogP contribution in [0, 0.1) is 0 Å². The summed E-state index contributed by atoms with van der Waals surface area (Å²) in [5, 5.41) is 12.6. The smallest absolute Gasteiger partial charge is 0.328 e. The van der Waals surface area contributed by atoms with Crippen molar-refractivity contribution >= 4 is 41.0 Å². The van der Waals surface area contributed by atoms with Gasteiger partial charge in [-0.2, -0.15) is 4.51 Å². The molecule has 2 aliphatic heterocycles. The fraction of sp³-hybridized carbons (Fsp3) is 0.467. The Balaban J connectivity index is 1.73. The summed E-state index contributed by atoms with van der Waals surface area (Å²) in [5.74, 6) is -0.0534. The number of nitrogens with zero attached hydrogens (tertiary/aromatic N) is 3. The van der Waals surface area contributed by atoms with Gasteiger partial charge in [0.1, 0.15) is 23.6 Å². The Morgan fingerprint density at radius 2 is 1.85 bits per heavy atom. The van der Waals surface area contributed by atoms with Crippen LogP contribution in [0.3, 0.4) is 0 Å². The van der Waals surface area contributed by atoms with Crippen LogP contribution in [-0.4, -0.2) is 72.4 Å². The lowest BCUT2D eigenvalue weighted by Crippen LogP contribution is -2.53. The number of Topliss-reactive ketones (excluding diaryl/α,β-unsaturated/α-hetero) is 1. The number of fused-ring (bicyclic) bond motifs is 2. The van der Waals surface area contributed by atoms with E-state index in [-0.39, 0.29) is 23.7 Å². The fourth-order valence-corrected chi connectivity index (χ4v) is 5.43. The first-order chi connectivity index (χ1) is 19.2. The van der Waals surface area contributed by atoms with E-state index in [1.54, 1.807) is 48.9 Å². The number of carboxylic acid groups (broad SMARTS) is 1. The highest BCUT2D eigenvalue weighted by atomic mass is 35.5. The number of benzene rings is 2. The molecule has 2 aromatic carbocycles. The van der Waals surface area contributed by atoms with Crippen LogP contribution in [0.25, 0.3) is 0 Å². The fourth-order valence-electron chi connectivity index (χ4n) is 5.23. The van der Waals surface area contributed by atoms with Gasteiger partial charge in [0, 0.05) is 42.1 Å². The van der Waals surface area contributed by atoms with Crippen molar-refractivity contribution in [3.63, 3.8) is 0 Å². The highest BCUT2D eigenvalue weighted by molar-refractivity contribution is 6.23. The van der Waals surface area contributed by atoms with Crippen molar-refractivity contribution in [1.82, 2.24) is 10.2 Å². The molecular weight excluding hydrogens is 548 g/mol. The summed E-state index contributed by atoms with van der Waals surface area (Å²) in [4.78, 5) is 42.1. The SMILES string of the molecule is CCOc1cc2c(cc1C(=O)NC)/C(=N/Cl)N(CC(=O)c1cc3c(c(C(C)(C)C)c1)OCCN3C(C)(C)C(=O)O)C2. The summed E-state index contributed by atoms with van der Waals surface area (Å²) >= 11 is 6.03. The van der Waals surface area contributed by atoms with Crippen molar-refractivity contribution in [1.29, 1.82) is 0 Å². The molecule has 0 aromatic heterocycles. The summed E-state index contributed by atoms with van der Waals surface area (Å²) in [5.41, 5.74) is 2.06. The maximum Gasteiger partial charge on any atom is 0.328 e. The summed E-state index contributed by atoms with van der Waals surface area (Å²) < 4.78 is 15.7. The summed E-state index contributed by atoms with van der Waals surface area (Å²) in [6.07, 6.45) is 0. The first kappa shape index (κ1) is 30.2. The Labute approximate surface area is 245 Å². The Hall–Kier alpha value is -3.79. The van der Waals surface area contributed by atoms with Gasteiger partial charge in [0.15, 0.2) is 11.6 Å². The molecule has 11 heteroatoms. The molecule has 1 amide bonds. The number of ether oxygens (including phenoxy) is 2. The molecule has 0 fully saturated rings. The van der Waals surface area contributed by atoms with Gasteiger partial charge < -0.3 is 29.7 Å². The van der Waals surface area contributed by atoms with E-state index in [1.807, 2.05) is 33.8 Å². The Morgan fingerprint density at radius 1 is 1.15 bits per heavy atom. The maximum absolute atomic E-state index is 13.9. The van der Waals surface area contributed by atoms with E-state index in [2.05, 4.69) is 9.83 Å². The van der Waals surface area contributed by atoms with E-state index in [0.29, 0.717) is 66.0 Å². The second kappa shape index (κ2) is 11.2. The second-order valence-corrected chi connectivity index (χ2v) is 11.9. The van der Waals surface area contributed by atoms with Crippen molar-refractivity contribution in [3.8, 4) is 11.5 Å². The van der Waals surface area contributed by atoms with Crippen molar-refractivity contribution in [3.05, 3.63) is 52.1 Å². The van der Waals surface area contributed by atoms with Gasteiger partial charge in [-0.05, 0) is 56.0 Å². The summed E-state index contributed by atoms with van der Waals surface area (Å²) in [6.45, 7) is 12.6. The standard InChI is InChI=1S/C30H37ClN4O6/c1-8-40-24-13-18-15-34(26(33-31)19(18)14-20(24)27(37)32-7)16-23(36)17-11-21(29(2,3)4)25-22(12-17)35(9-10-41-25)30(5,6)28(38)39/h11-14H,8-10,15-16H2,1-7H3,(H,32,37)(H,38,39)/b33-26-. The second-order valence-electron chi connectivity index (χ2n) is 11.7. The van der Waals surface area contributed by atoms with Gasteiger partial charge >= 0.3 is 5.97 Å². The Kier molecular flexibility index (Phi) is 8.27.